The van der Waals surface area contributed by atoms with Gasteiger partial charge in [-0.3, -0.25) is 0 Å². The molecule has 0 radical (unpaired) electrons. The van der Waals surface area contributed by atoms with E-state index in [2.05, 4.69) is 359 Å². The molecule has 0 aliphatic carbocycles. The molecule has 1 aliphatic rings. The minimum absolute atomic E-state index is 0. The van der Waals surface area contributed by atoms with Crippen molar-refractivity contribution in [1.82, 2.24) is 0 Å². The Morgan fingerprint density at radius 2 is 0.673 bits per heavy atom. The van der Waals surface area contributed by atoms with Crippen LogP contribution in [-0.2, 0) is 4.74 Å². The van der Waals surface area contributed by atoms with Gasteiger partial charge in [-0.05, 0) is 140 Å². The average molecular weight is 1550 g/mol. The maximum Gasteiger partial charge on any atom is 2.00 e. The first kappa shape index (κ1) is 70.9. The molecule has 6 aromatic heterocycles. The summed E-state index contributed by atoms with van der Waals surface area (Å²) in [5.74, 6) is 0. The molecule has 1 N–H and O–H groups in total. The van der Waals surface area contributed by atoms with E-state index in [1.54, 1.807) is 0 Å². The molecule has 0 atom stereocenters. The van der Waals surface area contributed by atoms with E-state index in [0.29, 0.717) is 0 Å². The largest absolute Gasteiger partial charge is 2.00 e. The molecule has 516 valence electrons. The van der Waals surface area contributed by atoms with Crippen LogP contribution in [0.3, 0.4) is 0 Å². The fourth-order valence-electron chi connectivity index (χ4n) is 14.2. The van der Waals surface area contributed by atoms with Crippen molar-refractivity contribution in [1.29, 1.82) is 0 Å². The number of benzene rings is 15. The summed E-state index contributed by atoms with van der Waals surface area (Å²) in [6.07, 6.45) is 2.56. The Morgan fingerprint density at radius 3 is 1.17 bits per heavy atom. The van der Waals surface area contributed by atoms with Gasteiger partial charge in [0.1, 0.15) is 0 Å². The van der Waals surface area contributed by atoms with Gasteiger partial charge in [0.25, 0.3) is 0 Å². The van der Waals surface area contributed by atoms with Crippen molar-refractivity contribution in [2.45, 2.75) is 20.3 Å². The Balaban J connectivity index is 0.000000116. The van der Waals surface area contributed by atoms with Crippen LogP contribution in [0.4, 0.5) is 45.5 Å². The Labute approximate surface area is 659 Å². The second-order valence-electron chi connectivity index (χ2n) is 25.7. The zero-order chi connectivity index (χ0) is 70.0. The first-order chi connectivity index (χ1) is 52.0. The van der Waals surface area contributed by atoms with Crippen LogP contribution in [0.1, 0.15) is 21.7 Å². The Bertz CT molecular complexity index is 6410. The van der Waals surface area contributed by atoms with Crippen molar-refractivity contribution in [3.05, 3.63) is 350 Å². The third kappa shape index (κ3) is 14.4. The summed E-state index contributed by atoms with van der Waals surface area (Å²) in [5, 5.41) is 19.3. The molecule has 7 heterocycles. The molecule has 0 amide bonds. The number of nitrogens with one attached hydrogen (secondary N) is 1. The molecule has 12 heteroatoms. The normalized spacial score (nSPS) is 11.8. The van der Waals surface area contributed by atoms with Crippen LogP contribution >= 0.6 is 84.0 Å². The number of fused-ring (bicyclic) bond motifs is 18. The molecule has 0 saturated carbocycles. The number of hydrogen-bond acceptors (Lipinski definition) is 10. The zero-order valence-corrected chi connectivity index (χ0v) is 64.0. The molecular formula is C95H70BeBrN3OS6. The van der Waals surface area contributed by atoms with Gasteiger partial charge in [0.05, 0.1) is 31.2 Å². The van der Waals surface area contributed by atoms with E-state index in [4.69, 9.17) is 4.74 Å². The average Bonchev–Trinajstić information content (AvgIpc) is 1.51. The minimum Gasteiger partial charge on any atom is -1.00 e. The summed E-state index contributed by atoms with van der Waals surface area (Å²) in [5.41, 5.74) is 9.35. The minimum atomic E-state index is 0. The number of anilines is 8. The van der Waals surface area contributed by atoms with Gasteiger partial charge in [0.2, 0.25) is 0 Å². The maximum absolute atomic E-state index is 4.94. The number of thiophene rings is 6. The summed E-state index contributed by atoms with van der Waals surface area (Å²) in [6, 6.07) is 125. The number of halogens is 1. The molecular weight excluding hydrogens is 1480 g/mol. The van der Waals surface area contributed by atoms with Crippen LogP contribution in [0.15, 0.2) is 344 Å². The smallest absolute Gasteiger partial charge is 1.00 e. The molecule has 15 aromatic carbocycles. The fourth-order valence-corrected chi connectivity index (χ4v) is 21.4. The third-order valence-corrected chi connectivity index (χ3v) is 26.6. The van der Waals surface area contributed by atoms with Gasteiger partial charge in [0.15, 0.2) is 0 Å². The molecule has 0 spiro atoms. The summed E-state index contributed by atoms with van der Waals surface area (Å²) >= 11 is 14.6. The maximum atomic E-state index is 4.94. The molecule has 0 bridgehead atoms. The van der Waals surface area contributed by atoms with Gasteiger partial charge in [-0.15, -0.1) is 68.1 Å². The van der Waals surface area contributed by atoms with Crippen LogP contribution in [0.5, 0.6) is 0 Å². The van der Waals surface area contributed by atoms with Gasteiger partial charge < -0.3 is 21.3 Å². The summed E-state index contributed by atoms with van der Waals surface area (Å²) < 4.78 is 21.9. The van der Waals surface area contributed by atoms with Gasteiger partial charge in [-0.2, -0.15) is 23.5 Å². The van der Waals surface area contributed by atoms with Crippen LogP contribution in [0.2, 0.25) is 0 Å². The van der Waals surface area contributed by atoms with E-state index in [1.807, 2.05) is 86.2 Å². The monoisotopic (exact) mass is 1550 g/mol. The summed E-state index contributed by atoms with van der Waals surface area (Å²) in [7, 11) is 0. The van der Waals surface area contributed by atoms with Gasteiger partial charge in [-0.25, -0.2) is 0 Å². The van der Waals surface area contributed by atoms with Crippen molar-refractivity contribution in [2.24, 2.45) is 0 Å². The summed E-state index contributed by atoms with van der Waals surface area (Å²) in [4.78, 5) is 4.78. The molecule has 1 aliphatic heterocycles. The quantitative estimate of drug-likeness (QED) is 0.121. The molecule has 1 fully saturated rings. The molecule has 21 aromatic rings. The molecule has 1 saturated heterocycles. The standard InChI is InChI=1S/C30H19NS2.C30H18NS2.C18H13NS.C12H7BrS.C4H8O.CH4.Be.H/c2*1-2-9-20(10-3-1)31(21-17-18-29-25(19-21)23-12-5-6-15-27(23)32-29)26-14-8-13-24-22-11-4-7-16-28(22)33-30(24)26;1-2-7-13(8-3-1)19-16-11-6-10-15-14-9-4-5-12-17(14)20-18(15)16;13-8-5-6-12-10(7-8)9-3-1-2-4-11(9)14-12;1-2-4-5-3-1;;;/h1-19H;1-17,19H;1-12,19H;1-7H;1-4H2;1H4;;/q;-1;;;;;+2;-1. The number of ether oxygens (including phenoxy) is 1. The summed E-state index contributed by atoms with van der Waals surface area (Å²) in [6.45, 7) is 2.00. The number of nitrogens with zero attached hydrogens (tertiary/aromatic N) is 2. The van der Waals surface area contributed by atoms with Gasteiger partial charge in [-0.1, -0.05) is 239 Å². The zero-order valence-electron chi connectivity index (χ0n) is 58.5. The predicted molar refractivity (Wildman–Crippen MR) is 482 cm³/mol. The van der Waals surface area contributed by atoms with E-state index in [1.165, 1.54) is 162 Å². The Morgan fingerprint density at radius 1 is 0.308 bits per heavy atom. The first-order valence-corrected chi connectivity index (χ1v) is 40.8. The molecule has 4 nitrogen and oxygen atoms in total. The molecule has 0 unspecified atom stereocenters. The van der Waals surface area contributed by atoms with E-state index in [9.17, 15) is 0 Å². The van der Waals surface area contributed by atoms with E-state index < -0.39 is 0 Å². The number of rotatable bonds is 8. The van der Waals surface area contributed by atoms with Crippen LogP contribution in [0.25, 0.3) is 121 Å². The SMILES string of the molecule is Brc1ccc2sc3ccccc3c2c1.C.C1CCOC1.[Be+2].[H-].[c-]1cc(N(c2ccccc2)c2cccc3c2sc2ccccc23)cc2c1sc1ccccc12.c1ccc(N(c2ccc3sc4ccccc4c3c2)c2cccc3c2sc2ccccc23)cc1.c1ccc(Nc2cccc3c2sc2ccccc23)cc1. The second-order valence-corrected chi connectivity index (χ2v) is 32.9. The van der Waals surface area contributed by atoms with Gasteiger partial charge in [0, 0.05) is 132 Å². The van der Waals surface area contributed by atoms with Crippen molar-refractivity contribution >= 4 is 261 Å². The topological polar surface area (TPSA) is 27.7 Å². The first-order valence-electron chi connectivity index (χ1n) is 35.1. The molecule has 107 heavy (non-hydrogen) atoms. The van der Waals surface area contributed by atoms with Crippen LogP contribution in [-0.4, -0.2) is 23.3 Å². The molecule has 22 rings (SSSR count). The van der Waals surface area contributed by atoms with Crippen molar-refractivity contribution < 1.29 is 6.16 Å². The second kappa shape index (κ2) is 32.0. The van der Waals surface area contributed by atoms with Crippen LogP contribution < -0.4 is 15.1 Å². The van der Waals surface area contributed by atoms with E-state index in [-0.39, 0.29) is 19.0 Å². The van der Waals surface area contributed by atoms with Crippen LogP contribution in [0, 0.1) is 6.07 Å². The van der Waals surface area contributed by atoms with Crippen molar-refractivity contribution in [3.8, 4) is 0 Å². The number of hydrogen-bond donors (Lipinski definition) is 1. The van der Waals surface area contributed by atoms with Crippen molar-refractivity contribution in [3.63, 3.8) is 0 Å². The predicted octanol–water partition coefficient (Wildman–Crippen LogP) is 31.4. The van der Waals surface area contributed by atoms with E-state index in [0.717, 1.165) is 34.7 Å². The Kier molecular flexibility index (Phi) is 21.2. The fraction of sp³-hybridized carbons (Fsp3) is 0.0526. The van der Waals surface area contributed by atoms with E-state index >= 15 is 0 Å². The Hall–Kier alpha value is -10.4. The third-order valence-electron chi connectivity index (χ3n) is 19.1. The van der Waals surface area contributed by atoms with Crippen molar-refractivity contribution in [2.75, 3.05) is 28.3 Å². The number of para-hydroxylation sites is 3. The van der Waals surface area contributed by atoms with Gasteiger partial charge >= 0.3 is 10.1 Å².